The van der Waals surface area contributed by atoms with Crippen molar-refractivity contribution in [3.05, 3.63) is 71.0 Å². The van der Waals surface area contributed by atoms with E-state index in [9.17, 15) is 26.7 Å². The molecule has 1 N–H and O–H groups in total. The molecular formula is C23H17F5N4O3. The number of aromatic nitrogens is 3. The third kappa shape index (κ3) is 5.48. The summed E-state index contributed by atoms with van der Waals surface area (Å²) in [5.41, 5.74) is 0.307. The molecule has 0 radical (unpaired) electrons. The molecule has 35 heavy (non-hydrogen) atoms. The van der Waals surface area contributed by atoms with Crippen molar-refractivity contribution in [2.24, 2.45) is 0 Å². The normalized spacial score (nSPS) is 11.6. The molecule has 0 saturated carbocycles. The molecule has 182 valence electrons. The van der Waals surface area contributed by atoms with Gasteiger partial charge in [-0.2, -0.15) is 22.0 Å². The zero-order valence-corrected chi connectivity index (χ0v) is 18.0. The van der Waals surface area contributed by atoms with Gasteiger partial charge in [0.1, 0.15) is 35.1 Å². The van der Waals surface area contributed by atoms with E-state index in [1.165, 1.54) is 43.5 Å². The number of fused-ring (bicyclic) bond motifs is 1. The third-order valence-corrected chi connectivity index (χ3v) is 4.86. The van der Waals surface area contributed by atoms with Crippen molar-refractivity contribution in [1.29, 1.82) is 0 Å². The average molecular weight is 492 g/mol. The summed E-state index contributed by atoms with van der Waals surface area (Å²) < 4.78 is 73.6. The van der Waals surface area contributed by atoms with Gasteiger partial charge >= 0.3 is 12.8 Å². The van der Waals surface area contributed by atoms with Gasteiger partial charge in [-0.3, -0.25) is 9.36 Å². The van der Waals surface area contributed by atoms with Crippen LogP contribution in [0.5, 0.6) is 11.5 Å². The molecule has 0 aliphatic rings. The Balaban J connectivity index is 1.89. The van der Waals surface area contributed by atoms with Crippen LogP contribution in [0.4, 0.5) is 27.8 Å². The topological polar surface area (TPSA) is 78.3 Å². The van der Waals surface area contributed by atoms with Crippen LogP contribution < -0.4 is 20.3 Å². The number of methoxy groups -OCH3 is 1. The second-order valence-electron chi connectivity index (χ2n) is 7.21. The highest BCUT2D eigenvalue weighted by Gasteiger charge is 2.27. The predicted molar refractivity (Wildman–Crippen MR) is 118 cm³/mol. The van der Waals surface area contributed by atoms with Crippen LogP contribution in [-0.2, 0) is 0 Å². The zero-order valence-electron chi connectivity index (χ0n) is 18.0. The van der Waals surface area contributed by atoms with Crippen LogP contribution in [0.25, 0.3) is 28.1 Å². The lowest BCUT2D eigenvalue weighted by Gasteiger charge is -2.14. The molecule has 0 amide bonds. The van der Waals surface area contributed by atoms with Crippen molar-refractivity contribution < 1.29 is 31.4 Å². The molecule has 0 aliphatic heterocycles. The quantitative estimate of drug-likeness (QED) is 0.365. The summed E-state index contributed by atoms with van der Waals surface area (Å²) >= 11 is 0. The predicted octanol–water partition coefficient (Wildman–Crippen LogP) is 5.03. The number of anilines is 1. The Morgan fingerprint density at radius 2 is 1.60 bits per heavy atom. The Labute approximate surface area is 194 Å². The number of alkyl halides is 5. The van der Waals surface area contributed by atoms with E-state index in [4.69, 9.17) is 4.74 Å². The van der Waals surface area contributed by atoms with Crippen LogP contribution in [0.1, 0.15) is 0 Å². The van der Waals surface area contributed by atoms with E-state index in [1.54, 1.807) is 24.3 Å². The molecule has 0 fully saturated rings. The lowest BCUT2D eigenvalue weighted by molar-refractivity contribution is -0.115. The van der Waals surface area contributed by atoms with E-state index in [0.29, 0.717) is 11.3 Å². The number of nitrogens with zero attached hydrogens (tertiary/aromatic N) is 3. The summed E-state index contributed by atoms with van der Waals surface area (Å²) in [6.07, 6.45) is -4.48. The lowest BCUT2D eigenvalue weighted by atomic mass is 10.1. The standard InChI is InChI=1S/C23H17F5N4O3/c1-34-15-6-2-13(3-7-15)19-21(33)32(14-4-8-16(9-5-14)35-22(24)25)20-17(30-19)10-11-18(31-20)29-12-23(26,27)28/h2-11,22H,12H2,1H3,(H,29,31). The summed E-state index contributed by atoms with van der Waals surface area (Å²) in [6, 6.07) is 14.5. The van der Waals surface area contributed by atoms with E-state index in [2.05, 4.69) is 20.0 Å². The molecule has 2 aromatic heterocycles. The van der Waals surface area contributed by atoms with Crippen molar-refractivity contribution in [3.8, 4) is 28.4 Å². The van der Waals surface area contributed by atoms with Crippen molar-refractivity contribution in [3.63, 3.8) is 0 Å². The first-order valence-corrected chi connectivity index (χ1v) is 10.1. The third-order valence-electron chi connectivity index (χ3n) is 4.86. The first kappa shape index (κ1) is 23.9. The lowest BCUT2D eigenvalue weighted by Crippen LogP contribution is -2.24. The Morgan fingerprint density at radius 3 is 2.20 bits per heavy atom. The molecule has 0 atom stereocenters. The molecule has 7 nitrogen and oxygen atoms in total. The highest BCUT2D eigenvalue weighted by molar-refractivity contribution is 5.78. The molecule has 2 aromatic carbocycles. The molecule has 0 aliphatic carbocycles. The number of hydrogen-bond donors (Lipinski definition) is 1. The van der Waals surface area contributed by atoms with Crippen LogP contribution in [0.3, 0.4) is 0 Å². The Kier molecular flexibility index (Phi) is 6.54. The SMILES string of the molecule is COc1ccc(-c2nc3ccc(NCC(F)(F)F)nc3n(-c3ccc(OC(F)F)cc3)c2=O)cc1. The maximum absolute atomic E-state index is 13.5. The van der Waals surface area contributed by atoms with Gasteiger partial charge in [-0.25, -0.2) is 9.97 Å². The van der Waals surface area contributed by atoms with Gasteiger partial charge in [0.2, 0.25) is 0 Å². The first-order valence-electron chi connectivity index (χ1n) is 10.1. The van der Waals surface area contributed by atoms with E-state index < -0.39 is 24.9 Å². The number of ether oxygens (including phenoxy) is 2. The van der Waals surface area contributed by atoms with E-state index >= 15 is 0 Å². The molecule has 0 bridgehead atoms. The summed E-state index contributed by atoms with van der Waals surface area (Å²) in [5, 5.41) is 2.17. The molecule has 0 unspecified atom stereocenters. The van der Waals surface area contributed by atoms with Crippen LogP contribution in [0, 0.1) is 0 Å². The Bertz CT molecular complexity index is 1390. The van der Waals surface area contributed by atoms with Crippen LogP contribution in [-0.4, -0.2) is 41.0 Å². The molecule has 12 heteroatoms. The van der Waals surface area contributed by atoms with Crippen LogP contribution >= 0.6 is 0 Å². The van der Waals surface area contributed by atoms with Gasteiger partial charge in [-0.05, 0) is 60.7 Å². The summed E-state index contributed by atoms with van der Waals surface area (Å²) in [6.45, 7) is -4.36. The summed E-state index contributed by atoms with van der Waals surface area (Å²) in [5.74, 6) is 0.303. The number of benzene rings is 2. The molecule has 2 heterocycles. The van der Waals surface area contributed by atoms with Crippen molar-refractivity contribution in [1.82, 2.24) is 14.5 Å². The number of hydrogen-bond acceptors (Lipinski definition) is 6. The van der Waals surface area contributed by atoms with Gasteiger partial charge in [0, 0.05) is 5.56 Å². The minimum Gasteiger partial charge on any atom is -0.497 e. The molecule has 4 aromatic rings. The fraction of sp³-hybridized carbons (Fsp3) is 0.174. The van der Waals surface area contributed by atoms with Gasteiger partial charge in [-0.1, -0.05) is 0 Å². The molecule has 0 saturated heterocycles. The highest BCUT2D eigenvalue weighted by atomic mass is 19.4. The zero-order chi connectivity index (χ0) is 25.2. The van der Waals surface area contributed by atoms with E-state index in [-0.39, 0.29) is 34.1 Å². The second kappa shape index (κ2) is 9.57. The molecule has 0 spiro atoms. The highest BCUT2D eigenvalue weighted by Crippen LogP contribution is 2.25. The fourth-order valence-corrected chi connectivity index (χ4v) is 3.31. The largest absolute Gasteiger partial charge is 0.497 e. The van der Waals surface area contributed by atoms with Crippen LogP contribution in [0.2, 0.25) is 0 Å². The average Bonchev–Trinajstić information content (AvgIpc) is 2.82. The van der Waals surface area contributed by atoms with Crippen molar-refractivity contribution in [2.75, 3.05) is 19.0 Å². The smallest absolute Gasteiger partial charge is 0.405 e. The fourth-order valence-electron chi connectivity index (χ4n) is 3.31. The van der Waals surface area contributed by atoms with Gasteiger partial charge in [-0.15, -0.1) is 0 Å². The number of halogens is 5. The summed E-state index contributed by atoms with van der Waals surface area (Å²) in [7, 11) is 1.49. The summed E-state index contributed by atoms with van der Waals surface area (Å²) in [4.78, 5) is 22.1. The Hall–Kier alpha value is -4.22. The van der Waals surface area contributed by atoms with Gasteiger partial charge < -0.3 is 14.8 Å². The van der Waals surface area contributed by atoms with Crippen molar-refractivity contribution >= 4 is 17.0 Å². The maximum Gasteiger partial charge on any atom is 0.405 e. The number of pyridine rings is 1. The van der Waals surface area contributed by atoms with Gasteiger partial charge in [0.15, 0.2) is 5.65 Å². The monoisotopic (exact) mass is 492 g/mol. The van der Waals surface area contributed by atoms with E-state index in [1.807, 2.05) is 0 Å². The Morgan fingerprint density at radius 1 is 0.943 bits per heavy atom. The van der Waals surface area contributed by atoms with Gasteiger partial charge in [0.05, 0.1) is 12.8 Å². The first-order chi connectivity index (χ1) is 16.6. The van der Waals surface area contributed by atoms with E-state index in [0.717, 1.165) is 4.57 Å². The van der Waals surface area contributed by atoms with Gasteiger partial charge in [0.25, 0.3) is 5.56 Å². The minimum atomic E-state index is -4.48. The number of nitrogens with one attached hydrogen (secondary N) is 1. The minimum absolute atomic E-state index is 0.0260. The molecular weight excluding hydrogens is 475 g/mol. The molecule has 4 rings (SSSR count). The maximum atomic E-state index is 13.5. The van der Waals surface area contributed by atoms with Crippen LogP contribution in [0.15, 0.2) is 65.5 Å². The number of rotatable bonds is 7. The second-order valence-corrected chi connectivity index (χ2v) is 7.21. The van der Waals surface area contributed by atoms with Crippen molar-refractivity contribution in [2.45, 2.75) is 12.8 Å².